The molecule has 0 bridgehead atoms. The van der Waals surface area contributed by atoms with Gasteiger partial charge in [-0.05, 0) is 44.0 Å². The predicted octanol–water partition coefficient (Wildman–Crippen LogP) is 2.48. The lowest BCUT2D eigenvalue weighted by Crippen LogP contribution is -2.38. The number of nitrogens with zero attached hydrogens (tertiary/aromatic N) is 2. The summed E-state index contributed by atoms with van der Waals surface area (Å²) >= 11 is 0. The van der Waals surface area contributed by atoms with E-state index in [9.17, 15) is 8.78 Å². The molecular formula is C16H20F2N4O. The van der Waals surface area contributed by atoms with E-state index in [2.05, 4.69) is 20.6 Å². The molecule has 0 aliphatic heterocycles. The fourth-order valence-corrected chi connectivity index (χ4v) is 2.05. The molecule has 1 aromatic carbocycles. The monoisotopic (exact) mass is 322 g/mol. The summed E-state index contributed by atoms with van der Waals surface area (Å²) in [6.07, 6.45) is 0.349. The van der Waals surface area contributed by atoms with Crippen molar-refractivity contribution in [1.29, 1.82) is 0 Å². The van der Waals surface area contributed by atoms with Crippen LogP contribution in [-0.4, -0.2) is 24.5 Å². The van der Waals surface area contributed by atoms with Crippen molar-refractivity contribution in [2.24, 2.45) is 4.99 Å². The van der Waals surface area contributed by atoms with E-state index in [1.54, 1.807) is 7.05 Å². The first-order valence-electron chi connectivity index (χ1n) is 7.31. The average molecular weight is 322 g/mol. The molecule has 0 fully saturated rings. The predicted molar refractivity (Wildman–Crippen MR) is 84.2 cm³/mol. The number of halogens is 2. The highest BCUT2D eigenvalue weighted by Crippen LogP contribution is 2.10. The van der Waals surface area contributed by atoms with Crippen molar-refractivity contribution < 1.29 is 13.2 Å². The first kappa shape index (κ1) is 16.9. The molecule has 2 N–H and O–H groups in total. The van der Waals surface area contributed by atoms with Gasteiger partial charge in [0.25, 0.3) is 0 Å². The van der Waals surface area contributed by atoms with Gasteiger partial charge in [0.1, 0.15) is 17.4 Å². The van der Waals surface area contributed by atoms with Gasteiger partial charge in [-0.3, -0.25) is 4.99 Å². The number of hydrogen-bond acceptors (Lipinski definition) is 3. The minimum absolute atomic E-state index is 0.326. The summed E-state index contributed by atoms with van der Waals surface area (Å²) in [5.74, 6) is 1.03. The van der Waals surface area contributed by atoms with Gasteiger partial charge in [0.15, 0.2) is 5.96 Å². The van der Waals surface area contributed by atoms with Crippen LogP contribution >= 0.6 is 0 Å². The molecular weight excluding hydrogens is 302 g/mol. The number of aryl methyl sites for hydroxylation is 2. The van der Waals surface area contributed by atoms with Crippen molar-refractivity contribution in [3.63, 3.8) is 0 Å². The summed E-state index contributed by atoms with van der Waals surface area (Å²) in [7, 11) is 1.63. The second-order valence-electron chi connectivity index (χ2n) is 5.09. The van der Waals surface area contributed by atoms with Crippen LogP contribution in [0.5, 0.6) is 0 Å². The smallest absolute Gasteiger partial charge is 0.214 e. The molecule has 0 saturated heterocycles. The van der Waals surface area contributed by atoms with Crippen LogP contribution in [-0.2, 0) is 13.0 Å². The number of aliphatic imine (C=N–C) groups is 1. The molecule has 7 heteroatoms. The van der Waals surface area contributed by atoms with Gasteiger partial charge in [-0.25, -0.2) is 13.8 Å². The molecule has 1 heterocycles. The van der Waals surface area contributed by atoms with Crippen LogP contribution in [0, 0.1) is 25.5 Å². The maximum atomic E-state index is 13.5. The molecule has 0 spiro atoms. The van der Waals surface area contributed by atoms with Gasteiger partial charge >= 0.3 is 0 Å². The van der Waals surface area contributed by atoms with E-state index in [1.807, 2.05) is 13.8 Å². The van der Waals surface area contributed by atoms with E-state index >= 15 is 0 Å². The van der Waals surface area contributed by atoms with Gasteiger partial charge in [-0.15, -0.1) is 0 Å². The number of hydrogen-bond donors (Lipinski definition) is 2. The molecule has 1 aromatic heterocycles. The molecule has 0 aliphatic rings. The quantitative estimate of drug-likeness (QED) is 0.656. The SMILES string of the molecule is CN=C(NCCc1cc(F)ccc1F)NCc1nc(C)c(C)o1. The third-order valence-corrected chi connectivity index (χ3v) is 3.40. The third-order valence-electron chi connectivity index (χ3n) is 3.40. The maximum Gasteiger partial charge on any atom is 0.214 e. The number of oxazole rings is 1. The van der Waals surface area contributed by atoms with E-state index < -0.39 is 11.6 Å². The lowest BCUT2D eigenvalue weighted by molar-refractivity contribution is 0.463. The van der Waals surface area contributed by atoms with E-state index in [-0.39, 0.29) is 0 Å². The topological polar surface area (TPSA) is 62.5 Å². The van der Waals surface area contributed by atoms with E-state index in [4.69, 9.17) is 4.42 Å². The second kappa shape index (κ2) is 7.71. The lowest BCUT2D eigenvalue weighted by Gasteiger charge is -2.11. The number of guanidine groups is 1. The van der Waals surface area contributed by atoms with Crippen molar-refractivity contribution in [3.05, 3.63) is 52.7 Å². The fourth-order valence-electron chi connectivity index (χ4n) is 2.05. The summed E-state index contributed by atoms with van der Waals surface area (Å²) in [5.41, 5.74) is 1.18. The molecule has 0 atom stereocenters. The van der Waals surface area contributed by atoms with Crippen molar-refractivity contribution >= 4 is 5.96 Å². The van der Waals surface area contributed by atoms with Crippen molar-refractivity contribution in [2.75, 3.05) is 13.6 Å². The van der Waals surface area contributed by atoms with Crippen LogP contribution in [0.2, 0.25) is 0 Å². The van der Waals surface area contributed by atoms with Gasteiger partial charge in [-0.1, -0.05) is 0 Å². The molecule has 0 aliphatic carbocycles. The molecule has 0 radical (unpaired) electrons. The Morgan fingerprint density at radius 2 is 2.04 bits per heavy atom. The third kappa shape index (κ3) is 4.77. The number of nitrogens with one attached hydrogen (secondary N) is 2. The summed E-state index contributed by atoms with van der Waals surface area (Å²) in [5, 5.41) is 6.09. The van der Waals surface area contributed by atoms with Gasteiger partial charge in [0, 0.05) is 13.6 Å². The van der Waals surface area contributed by atoms with Crippen molar-refractivity contribution in [3.8, 4) is 0 Å². The Balaban J connectivity index is 1.82. The van der Waals surface area contributed by atoms with E-state index in [0.717, 1.165) is 23.6 Å². The molecule has 0 saturated carbocycles. The lowest BCUT2D eigenvalue weighted by atomic mass is 10.1. The average Bonchev–Trinajstić information content (AvgIpc) is 2.84. The van der Waals surface area contributed by atoms with Gasteiger partial charge < -0.3 is 15.1 Å². The Bertz CT molecular complexity index is 678. The van der Waals surface area contributed by atoms with E-state index in [1.165, 1.54) is 6.07 Å². The number of aromatic nitrogens is 1. The Hall–Kier alpha value is -2.44. The first-order chi connectivity index (χ1) is 11.0. The minimum atomic E-state index is -0.446. The van der Waals surface area contributed by atoms with Crippen molar-refractivity contribution in [1.82, 2.24) is 15.6 Å². The number of rotatable bonds is 5. The Morgan fingerprint density at radius 3 is 2.70 bits per heavy atom. The Morgan fingerprint density at radius 1 is 1.26 bits per heavy atom. The first-order valence-corrected chi connectivity index (χ1v) is 7.31. The standard InChI is InChI=1S/C16H20F2N4O/c1-10-11(2)23-15(22-10)9-21-16(19-3)20-7-6-12-8-13(17)4-5-14(12)18/h4-5,8H,6-7,9H2,1-3H3,(H2,19,20,21). The summed E-state index contributed by atoms with van der Waals surface area (Å²) in [6.45, 7) is 4.54. The largest absolute Gasteiger partial charge is 0.444 e. The summed E-state index contributed by atoms with van der Waals surface area (Å²) in [4.78, 5) is 8.32. The second-order valence-corrected chi connectivity index (χ2v) is 5.09. The molecule has 124 valence electrons. The normalized spacial score (nSPS) is 11.6. The van der Waals surface area contributed by atoms with Gasteiger partial charge in [-0.2, -0.15) is 0 Å². The molecule has 2 aromatic rings. The zero-order chi connectivity index (χ0) is 16.8. The Kier molecular flexibility index (Phi) is 5.67. The van der Waals surface area contributed by atoms with Crippen LogP contribution in [0.4, 0.5) is 8.78 Å². The fraction of sp³-hybridized carbons (Fsp3) is 0.375. The van der Waals surface area contributed by atoms with E-state index in [0.29, 0.717) is 36.9 Å². The zero-order valence-electron chi connectivity index (χ0n) is 13.4. The van der Waals surface area contributed by atoms with Crippen LogP contribution in [0.1, 0.15) is 22.9 Å². The van der Waals surface area contributed by atoms with Gasteiger partial charge in [0.2, 0.25) is 5.89 Å². The summed E-state index contributed by atoms with van der Waals surface area (Å²) < 4.78 is 32.1. The highest BCUT2D eigenvalue weighted by atomic mass is 19.1. The maximum absolute atomic E-state index is 13.5. The van der Waals surface area contributed by atoms with Crippen molar-refractivity contribution in [2.45, 2.75) is 26.8 Å². The van der Waals surface area contributed by atoms with Gasteiger partial charge in [0.05, 0.1) is 12.2 Å². The highest BCUT2D eigenvalue weighted by Gasteiger charge is 2.07. The summed E-state index contributed by atoms with van der Waals surface area (Å²) in [6, 6.07) is 3.43. The highest BCUT2D eigenvalue weighted by molar-refractivity contribution is 5.79. The molecule has 5 nitrogen and oxygen atoms in total. The number of benzene rings is 1. The molecule has 23 heavy (non-hydrogen) atoms. The minimum Gasteiger partial charge on any atom is -0.444 e. The molecule has 2 rings (SSSR count). The zero-order valence-corrected chi connectivity index (χ0v) is 13.4. The molecule has 0 amide bonds. The van der Waals surface area contributed by atoms with Crippen LogP contribution in [0.15, 0.2) is 27.6 Å². The van der Waals surface area contributed by atoms with Crippen LogP contribution < -0.4 is 10.6 Å². The van der Waals surface area contributed by atoms with Crippen LogP contribution in [0.3, 0.4) is 0 Å². The van der Waals surface area contributed by atoms with Crippen LogP contribution in [0.25, 0.3) is 0 Å². The molecule has 0 unspecified atom stereocenters. The Labute approximate surface area is 133 Å².